The molecule has 3 aromatic rings. The molecular formula is C26H29N3O5S. The molecule has 35 heavy (non-hydrogen) atoms. The predicted molar refractivity (Wildman–Crippen MR) is 136 cm³/mol. The van der Waals surface area contributed by atoms with E-state index in [0.717, 1.165) is 22.9 Å². The minimum absolute atomic E-state index is 0.0428. The van der Waals surface area contributed by atoms with Gasteiger partial charge in [0, 0.05) is 55.6 Å². The summed E-state index contributed by atoms with van der Waals surface area (Å²) in [7, 11) is -1.52. The zero-order chi connectivity index (χ0) is 25.6. The van der Waals surface area contributed by atoms with Crippen molar-refractivity contribution in [1.82, 2.24) is 9.88 Å². The number of rotatable bonds is 9. The SMILES string of the molecule is Cc1ccccc1C(C/C(=N/O)c1ccc(=O)n(C)c1)c1ccc(C(=O)NCCS(C)(=O)=O)cc1. The molecule has 2 N–H and O–H groups in total. The number of nitrogens with one attached hydrogen (secondary N) is 1. The fraction of sp³-hybridized carbons (Fsp3) is 0.269. The second-order valence-corrected chi connectivity index (χ2v) is 10.8. The molecule has 0 spiro atoms. The summed E-state index contributed by atoms with van der Waals surface area (Å²) >= 11 is 0. The van der Waals surface area contributed by atoms with Crippen LogP contribution in [0.15, 0.2) is 76.8 Å². The Morgan fingerprint density at radius 3 is 2.31 bits per heavy atom. The van der Waals surface area contributed by atoms with Crippen LogP contribution in [0.1, 0.15) is 45.0 Å². The Bertz CT molecular complexity index is 1390. The van der Waals surface area contributed by atoms with E-state index in [1.807, 2.05) is 43.3 Å². The molecule has 9 heteroatoms. The summed E-state index contributed by atoms with van der Waals surface area (Å²) in [5, 5.41) is 16.0. The van der Waals surface area contributed by atoms with E-state index in [-0.39, 0.29) is 29.7 Å². The van der Waals surface area contributed by atoms with Gasteiger partial charge >= 0.3 is 0 Å². The molecule has 0 radical (unpaired) electrons. The topological polar surface area (TPSA) is 118 Å². The third-order valence-electron chi connectivity index (χ3n) is 5.83. The first kappa shape index (κ1) is 25.9. The molecule has 8 nitrogen and oxygen atoms in total. The monoisotopic (exact) mass is 495 g/mol. The lowest BCUT2D eigenvalue weighted by molar-refractivity contribution is 0.0956. The Morgan fingerprint density at radius 1 is 1.06 bits per heavy atom. The molecule has 0 aliphatic heterocycles. The van der Waals surface area contributed by atoms with E-state index in [4.69, 9.17) is 0 Å². The van der Waals surface area contributed by atoms with Crippen LogP contribution in [0.25, 0.3) is 0 Å². The lowest BCUT2D eigenvalue weighted by Crippen LogP contribution is -2.28. The molecule has 3 rings (SSSR count). The zero-order valence-electron chi connectivity index (χ0n) is 19.9. The molecule has 1 aromatic heterocycles. The number of oxime groups is 1. The average molecular weight is 496 g/mol. The van der Waals surface area contributed by atoms with Gasteiger partial charge in [-0.2, -0.15) is 0 Å². The van der Waals surface area contributed by atoms with Crippen molar-refractivity contribution in [3.8, 4) is 0 Å². The Labute approximate surface area is 204 Å². The Hall–Kier alpha value is -3.72. The maximum atomic E-state index is 12.4. The Kier molecular flexibility index (Phi) is 8.24. The van der Waals surface area contributed by atoms with E-state index in [1.165, 1.54) is 10.6 Å². The minimum atomic E-state index is -3.16. The van der Waals surface area contributed by atoms with Crippen molar-refractivity contribution in [2.75, 3.05) is 18.6 Å². The molecular weight excluding hydrogens is 466 g/mol. The van der Waals surface area contributed by atoms with Gasteiger partial charge in [-0.1, -0.05) is 41.6 Å². The van der Waals surface area contributed by atoms with E-state index >= 15 is 0 Å². The van der Waals surface area contributed by atoms with Crippen LogP contribution in [0.4, 0.5) is 0 Å². The summed E-state index contributed by atoms with van der Waals surface area (Å²) in [6.07, 6.45) is 3.12. The Balaban J connectivity index is 1.90. The number of hydrogen-bond donors (Lipinski definition) is 2. The number of pyridine rings is 1. The van der Waals surface area contributed by atoms with Gasteiger partial charge in [0.1, 0.15) is 9.84 Å². The van der Waals surface area contributed by atoms with Crippen molar-refractivity contribution in [3.63, 3.8) is 0 Å². The number of aromatic nitrogens is 1. The minimum Gasteiger partial charge on any atom is -0.411 e. The number of carbonyl (C=O) groups is 1. The van der Waals surface area contributed by atoms with Crippen LogP contribution >= 0.6 is 0 Å². The number of sulfone groups is 1. The van der Waals surface area contributed by atoms with E-state index < -0.39 is 9.84 Å². The van der Waals surface area contributed by atoms with Gasteiger partial charge in [-0.25, -0.2) is 8.42 Å². The fourth-order valence-corrected chi connectivity index (χ4v) is 4.35. The average Bonchev–Trinajstić information content (AvgIpc) is 2.82. The Morgan fingerprint density at radius 2 is 1.71 bits per heavy atom. The molecule has 0 saturated heterocycles. The third kappa shape index (κ3) is 6.89. The van der Waals surface area contributed by atoms with Crippen LogP contribution < -0.4 is 10.9 Å². The van der Waals surface area contributed by atoms with Crippen LogP contribution in [0.5, 0.6) is 0 Å². The number of nitrogens with zero attached hydrogens (tertiary/aromatic N) is 2. The summed E-state index contributed by atoms with van der Waals surface area (Å²) in [6.45, 7) is 2.05. The smallest absolute Gasteiger partial charge is 0.251 e. The highest BCUT2D eigenvalue weighted by molar-refractivity contribution is 7.90. The molecule has 0 fully saturated rings. The van der Waals surface area contributed by atoms with Crippen molar-refractivity contribution in [1.29, 1.82) is 0 Å². The van der Waals surface area contributed by atoms with Gasteiger partial charge in [0.25, 0.3) is 5.91 Å². The first-order chi connectivity index (χ1) is 16.6. The van der Waals surface area contributed by atoms with Crippen LogP contribution in [0.2, 0.25) is 0 Å². The number of benzene rings is 2. The first-order valence-electron chi connectivity index (χ1n) is 11.1. The molecule has 1 heterocycles. The molecule has 1 unspecified atom stereocenters. The molecule has 0 aliphatic rings. The van der Waals surface area contributed by atoms with Crippen molar-refractivity contribution >= 4 is 21.5 Å². The summed E-state index contributed by atoms with van der Waals surface area (Å²) in [4.78, 5) is 24.2. The molecule has 1 amide bonds. The van der Waals surface area contributed by atoms with Crippen LogP contribution in [0.3, 0.4) is 0 Å². The van der Waals surface area contributed by atoms with E-state index in [1.54, 1.807) is 31.4 Å². The van der Waals surface area contributed by atoms with Crippen LogP contribution in [-0.2, 0) is 16.9 Å². The lowest BCUT2D eigenvalue weighted by atomic mass is 9.83. The van der Waals surface area contributed by atoms with Gasteiger partial charge in [0.15, 0.2) is 0 Å². The van der Waals surface area contributed by atoms with Gasteiger partial charge in [-0.05, 0) is 41.8 Å². The summed E-state index contributed by atoms with van der Waals surface area (Å²) in [5.41, 5.74) is 4.35. The lowest BCUT2D eigenvalue weighted by Gasteiger charge is -2.21. The molecule has 2 aromatic carbocycles. The van der Waals surface area contributed by atoms with Crippen molar-refractivity contribution in [3.05, 3.63) is 105 Å². The van der Waals surface area contributed by atoms with Gasteiger partial charge in [0.05, 0.1) is 11.5 Å². The molecule has 1 atom stereocenters. The molecule has 0 aliphatic carbocycles. The standard InChI is InChI=1S/C26H29N3O5S/c1-18-6-4-5-7-22(18)23(16-24(28-32)21-12-13-25(30)29(2)17-21)19-8-10-20(11-9-19)26(31)27-14-15-35(3,33)34/h4-13,17,23,32H,14-16H2,1-3H3,(H,27,31)/b28-24-. The quantitative estimate of drug-likeness (QED) is 0.269. The van der Waals surface area contributed by atoms with Crippen molar-refractivity contribution < 1.29 is 18.4 Å². The number of hydrogen-bond acceptors (Lipinski definition) is 6. The predicted octanol–water partition coefficient (Wildman–Crippen LogP) is 2.87. The van der Waals surface area contributed by atoms with E-state index in [0.29, 0.717) is 23.3 Å². The van der Waals surface area contributed by atoms with Gasteiger partial charge in [0.2, 0.25) is 5.56 Å². The van der Waals surface area contributed by atoms with Crippen molar-refractivity contribution in [2.24, 2.45) is 12.2 Å². The maximum Gasteiger partial charge on any atom is 0.251 e. The second kappa shape index (κ2) is 11.1. The van der Waals surface area contributed by atoms with Gasteiger partial charge in [-0.3, -0.25) is 9.59 Å². The number of amides is 1. The zero-order valence-corrected chi connectivity index (χ0v) is 20.7. The summed E-state index contributed by atoms with van der Waals surface area (Å²) in [5.74, 6) is -0.655. The summed E-state index contributed by atoms with van der Waals surface area (Å²) < 4.78 is 24.0. The van der Waals surface area contributed by atoms with Gasteiger partial charge < -0.3 is 15.1 Å². The molecule has 0 saturated carbocycles. The normalized spacial score (nSPS) is 12.8. The second-order valence-electron chi connectivity index (χ2n) is 8.53. The first-order valence-corrected chi connectivity index (χ1v) is 13.1. The fourth-order valence-electron chi connectivity index (χ4n) is 3.88. The summed E-state index contributed by atoms with van der Waals surface area (Å²) in [6, 6.07) is 18.1. The van der Waals surface area contributed by atoms with Gasteiger partial charge in [-0.15, -0.1) is 0 Å². The number of aryl methyl sites for hydroxylation is 2. The highest BCUT2D eigenvalue weighted by Crippen LogP contribution is 2.32. The molecule has 0 bridgehead atoms. The highest BCUT2D eigenvalue weighted by atomic mass is 32.2. The number of carbonyl (C=O) groups excluding carboxylic acids is 1. The largest absolute Gasteiger partial charge is 0.411 e. The maximum absolute atomic E-state index is 12.4. The van der Waals surface area contributed by atoms with Crippen LogP contribution in [-0.4, -0.2) is 48.4 Å². The van der Waals surface area contributed by atoms with Crippen molar-refractivity contribution in [2.45, 2.75) is 19.3 Å². The van der Waals surface area contributed by atoms with E-state index in [2.05, 4.69) is 10.5 Å². The highest BCUT2D eigenvalue weighted by Gasteiger charge is 2.21. The molecule has 184 valence electrons. The van der Waals surface area contributed by atoms with Crippen LogP contribution in [0, 0.1) is 6.92 Å². The third-order valence-corrected chi connectivity index (χ3v) is 6.78. The van der Waals surface area contributed by atoms with E-state index in [9.17, 15) is 23.2 Å².